The molecule has 1 aliphatic rings. The molecule has 1 N–H and O–H groups in total. The summed E-state index contributed by atoms with van der Waals surface area (Å²) in [5.74, 6) is 0. The molecule has 1 unspecified atom stereocenters. The summed E-state index contributed by atoms with van der Waals surface area (Å²) < 4.78 is 0. The fourth-order valence-corrected chi connectivity index (χ4v) is 1.28. The minimum absolute atomic E-state index is 0.0406. The Kier molecular flexibility index (Phi) is 3.76. The first kappa shape index (κ1) is 10.1. The van der Waals surface area contributed by atoms with E-state index in [4.69, 9.17) is 0 Å². The van der Waals surface area contributed by atoms with Crippen LogP contribution in [0.4, 0.5) is 0 Å². The maximum absolute atomic E-state index is 4.19. The van der Waals surface area contributed by atoms with Crippen molar-refractivity contribution in [1.29, 1.82) is 0 Å². The van der Waals surface area contributed by atoms with Crippen molar-refractivity contribution < 1.29 is 0 Å². The number of nitrogens with one attached hydrogen (secondary N) is 1. The maximum atomic E-state index is 4.19. The first-order valence-corrected chi connectivity index (χ1v) is 4.57. The van der Waals surface area contributed by atoms with Crippen LogP contribution in [0.15, 0.2) is 33.9 Å². The number of nitrogens with zero attached hydrogens (tertiary/aromatic N) is 2. The summed E-state index contributed by atoms with van der Waals surface area (Å²) in [5, 5.41) is 3.61. The van der Waals surface area contributed by atoms with Crippen LogP contribution in [0, 0.1) is 0 Å². The van der Waals surface area contributed by atoms with Gasteiger partial charge in [0, 0.05) is 0 Å². The lowest BCUT2D eigenvalue weighted by molar-refractivity contribution is 0.762. The summed E-state index contributed by atoms with van der Waals surface area (Å²) in [6.45, 7) is 3.84. The van der Waals surface area contributed by atoms with E-state index in [1.165, 1.54) is 0 Å². The Labute approximate surface area is 83.8 Å². The predicted octanol–water partition coefficient (Wildman–Crippen LogP) is 1.75. The molecule has 0 bridgehead atoms. The summed E-state index contributed by atoms with van der Waals surface area (Å²) in [4.78, 5) is 8.37. The summed E-state index contributed by atoms with van der Waals surface area (Å²) in [5.41, 5.74) is 0.891. The standard InChI is InChI=1S/C9H13N3S/c1-3-5-7-6-8(10-4-2)12-9(13)11-7/h3-6,8H,1-2H3,(H2,11,12,13)/b5-3-,10-4-. The number of aliphatic imine (C=N–C) groups is 2. The van der Waals surface area contributed by atoms with Gasteiger partial charge in [0.25, 0.3) is 0 Å². The molecular formula is C9H13N3S. The molecule has 13 heavy (non-hydrogen) atoms. The maximum Gasteiger partial charge on any atom is 0.160 e. The van der Waals surface area contributed by atoms with Crippen LogP contribution in [-0.4, -0.2) is 17.5 Å². The Morgan fingerprint density at radius 1 is 1.62 bits per heavy atom. The molecule has 0 saturated carbocycles. The minimum Gasteiger partial charge on any atom is -0.340 e. The lowest BCUT2D eigenvalue weighted by Crippen LogP contribution is -2.31. The van der Waals surface area contributed by atoms with E-state index in [2.05, 4.69) is 27.9 Å². The highest BCUT2D eigenvalue weighted by Gasteiger charge is 2.09. The van der Waals surface area contributed by atoms with Gasteiger partial charge < -0.3 is 5.32 Å². The van der Waals surface area contributed by atoms with Crippen molar-refractivity contribution in [2.24, 2.45) is 9.98 Å². The van der Waals surface area contributed by atoms with Gasteiger partial charge in [-0.2, -0.15) is 0 Å². The molecule has 70 valence electrons. The van der Waals surface area contributed by atoms with E-state index >= 15 is 0 Å². The van der Waals surface area contributed by atoms with E-state index in [1.807, 2.05) is 32.1 Å². The van der Waals surface area contributed by atoms with Gasteiger partial charge in [0.05, 0.1) is 5.70 Å². The van der Waals surface area contributed by atoms with Crippen molar-refractivity contribution in [2.75, 3.05) is 0 Å². The van der Waals surface area contributed by atoms with Crippen molar-refractivity contribution in [3.8, 4) is 0 Å². The Bertz CT molecular complexity index is 289. The van der Waals surface area contributed by atoms with Gasteiger partial charge in [0.15, 0.2) is 5.17 Å². The average molecular weight is 195 g/mol. The van der Waals surface area contributed by atoms with Crippen LogP contribution in [0.3, 0.4) is 0 Å². The van der Waals surface area contributed by atoms with Gasteiger partial charge >= 0.3 is 0 Å². The SMILES string of the molecule is C/C=C\C1=CC(/N=C\C)NC(S)=N1. The van der Waals surface area contributed by atoms with E-state index in [-0.39, 0.29) is 6.17 Å². The highest BCUT2D eigenvalue weighted by atomic mass is 32.1. The van der Waals surface area contributed by atoms with Gasteiger partial charge in [0.1, 0.15) is 6.17 Å². The molecule has 0 aromatic carbocycles. The van der Waals surface area contributed by atoms with Crippen molar-refractivity contribution in [3.05, 3.63) is 23.9 Å². The van der Waals surface area contributed by atoms with Gasteiger partial charge in [-0.15, -0.1) is 12.6 Å². The number of hydrogen-bond donors (Lipinski definition) is 2. The van der Waals surface area contributed by atoms with E-state index in [9.17, 15) is 0 Å². The molecule has 0 saturated heterocycles. The third-order valence-corrected chi connectivity index (χ3v) is 1.72. The van der Waals surface area contributed by atoms with Crippen LogP contribution >= 0.6 is 12.6 Å². The van der Waals surface area contributed by atoms with Gasteiger partial charge in [-0.25, -0.2) is 4.99 Å². The molecule has 0 spiro atoms. The molecule has 1 aliphatic heterocycles. The normalized spacial score (nSPS) is 23.2. The van der Waals surface area contributed by atoms with Crippen LogP contribution in [0.1, 0.15) is 13.8 Å². The zero-order valence-corrected chi connectivity index (χ0v) is 8.62. The second-order valence-electron chi connectivity index (χ2n) is 2.52. The quantitative estimate of drug-likeness (QED) is 0.511. The van der Waals surface area contributed by atoms with E-state index in [1.54, 1.807) is 6.21 Å². The van der Waals surface area contributed by atoms with Crippen LogP contribution in [-0.2, 0) is 0 Å². The molecule has 0 fully saturated rings. The van der Waals surface area contributed by atoms with Gasteiger partial charge in [-0.3, -0.25) is 4.99 Å². The predicted molar refractivity (Wildman–Crippen MR) is 60.4 cm³/mol. The lowest BCUT2D eigenvalue weighted by Gasteiger charge is -2.16. The molecule has 0 radical (unpaired) electrons. The molecule has 1 heterocycles. The lowest BCUT2D eigenvalue weighted by atomic mass is 10.3. The van der Waals surface area contributed by atoms with Gasteiger partial charge in [-0.1, -0.05) is 6.08 Å². The zero-order valence-electron chi connectivity index (χ0n) is 7.73. The summed E-state index contributed by atoms with van der Waals surface area (Å²) in [7, 11) is 0. The smallest absolute Gasteiger partial charge is 0.160 e. The second-order valence-corrected chi connectivity index (χ2v) is 2.95. The Morgan fingerprint density at radius 2 is 2.38 bits per heavy atom. The largest absolute Gasteiger partial charge is 0.340 e. The topological polar surface area (TPSA) is 36.8 Å². The van der Waals surface area contributed by atoms with E-state index in [0.29, 0.717) is 5.17 Å². The molecule has 1 rings (SSSR count). The number of hydrogen-bond acceptors (Lipinski definition) is 3. The van der Waals surface area contributed by atoms with Gasteiger partial charge in [0.2, 0.25) is 0 Å². The molecule has 4 heteroatoms. The Morgan fingerprint density at radius 3 is 3.00 bits per heavy atom. The van der Waals surface area contributed by atoms with Crippen molar-refractivity contribution in [3.63, 3.8) is 0 Å². The first-order chi connectivity index (χ1) is 6.26. The summed E-state index contributed by atoms with van der Waals surface area (Å²) in [6, 6.07) is 0. The Hall–Kier alpha value is -1.03. The summed E-state index contributed by atoms with van der Waals surface area (Å²) >= 11 is 4.16. The highest BCUT2D eigenvalue weighted by Crippen LogP contribution is 2.09. The van der Waals surface area contributed by atoms with E-state index < -0.39 is 0 Å². The average Bonchev–Trinajstić information content (AvgIpc) is 2.04. The van der Waals surface area contributed by atoms with Gasteiger partial charge in [-0.05, 0) is 32.2 Å². The molecule has 0 aliphatic carbocycles. The summed E-state index contributed by atoms with van der Waals surface area (Å²) in [6.07, 6.45) is 7.53. The molecule has 0 aromatic rings. The van der Waals surface area contributed by atoms with Crippen molar-refractivity contribution in [1.82, 2.24) is 5.32 Å². The molecule has 1 atom stereocenters. The molecule has 0 aromatic heterocycles. The monoisotopic (exact) mass is 195 g/mol. The molecule has 3 nitrogen and oxygen atoms in total. The zero-order chi connectivity index (χ0) is 9.68. The molecule has 0 amide bonds. The third kappa shape index (κ3) is 3.06. The van der Waals surface area contributed by atoms with Crippen LogP contribution < -0.4 is 5.32 Å². The molecular weight excluding hydrogens is 182 g/mol. The minimum atomic E-state index is -0.0406. The highest BCUT2D eigenvalue weighted by molar-refractivity contribution is 7.96. The number of thiol groups is 1. The third-order valence-electron chi connectivity index (χ3n) is 1.49. The van der Waals surface area contributed by atoms with Crippen molar-refractivity contribution >= 4 is 24.0 Å². The number of allylic oxidation sites excluding steroid dienone is 2. The fourth-order valence-electron chi connectivity index (χ4n) is 1.03. The number of amidine groups is 1. The van der Waals surface area contributed by atoms with Crippen LogP contribution in [0.2, 0.25) is 0 Å². The van der Waals surface area contributed by atoms with Crippen LogP contribution in [0.5, 0.6) is 0 Å². The van der Waals surface area contributed by atoms with Crippen LogP contribution in [0.25, 0.3) is 0 Å². The Balaban J connectivity index is 2.81. The van der Waals surface area contributed by atoms with E-state index in [0.717, 1.165) is 5.70 Å². The second kappa shape index (κ2) is 4.87. The number of rotatable bonds is 2. The first-order valence-electron chi connectivity index (χ1n) is 4.12. The fraction of sp³-hybridized carbons (Fsp3) is 0.333. The van der Waals surface area contributed by atoms with Crippen molar-refractivity contribution in [2.45, 2.75) is 20.0 Å².